The lowest BCUT2D eigenvalue weighted by molar-refractivity contribution is 0.629. The van der Waals surface area contributed by atoms with Gasteiger partial charge in [0, 0.05) is 22.1 Å². The van der Waals surface area contributed by atoms with Crippen molar-refractivity contribution < 1.29 is 4.42 Å². The molecular weight excluding hydrogens is 264 g/mol. The molecule has 1 N–H and O–H groups in total. The summed E-state index contributed by atoms with van der Waals surface area (Å²) in [5.41, 5.74) is 3.81. The number of nitrogens with zero attached hydrogens (tertiary/aromatic N) is 3. The summed E-state index contributed by atoms with van der Waals surface area (Å²) in [6.07, 6.45) is 0. The molecule has 2 aromatic carbocycles. The predicted molar refractivity (Wildman–Crippen MR) is 78.4 cm³/mol. The fourth-order valence-electron chi connectivity index (χ4n) is 2.52. The fourth-order valence-corrected chi connectivity index (χ4v) is 2.52. The quantitative estimate of drug-likeness (QED) is 0.609. The van der Waals surface area contributed by atoms with E-state index in [1.54, 1.807) is 0 Å². The molecule has 0 saturated heterocycles. The lowest BCUT2D eigenvalue weighted by atomic mass is 10.0. The Morgan fingerprint density at radius 1 is 1.14 bits per heavy atom. The van der Waals surface area contributed by atoms with Gasteiger partial charge in [-0.25, -0.2) is 5.10 Å². The lowest BCUT2D eigenvalue weighted by Crippen LogP contribution is -1.87. The zero-order chi connectivity index (χ0) is 14.2. The number of hydrogen-bond acceptors (Lipinski definition) is 4. The van der Waals surface area contributed by atoms with E-state index in [1.165, 1.54) is 0 Å². The summed E-state index contributed by atoms with van der Waals surface area (Å²) in [7, 11) is 0. The van der Waals surface area contributed by atoms with Crippen LogP contribution < -0.4 is 0 Å². The van der Waals surface area contributed by atoms with Crippen LogP contribution in [0, 0.1) is 13.0 Å². The number of aromatic amines is 1. The SMILES string of the molecule is Cc1c(-c2ccccc2-c2nnn[nH]2)oc2cc[c]cc12. The zero-order valence-corrected chi connectivity index (χ0v) is 11.3. The summed E-state index contributed by atoms with van der Waals surface area (Å²) in [6, 6.07) is 16.7. The van der Waals surface area contributed by atoms with Crippen LogP contribution in [0.3, 0.4) is 0 Å². The van der Waals surface area contributed by atoms with Gasteiger partial charge in [-0.3, -0.25) is 0 Å². The second-order valence-electron chi connectivity index (χ2n) is 4.77. The van der Waals surface area contributed by atoms with Gasteiger partial charge >= 0.3 is 0 Å². The Kier molecular flexibility index (Phi) is 2.57. The summed E-state index contributed by atoms with van der Waals surface area (Å²) >= 11 is 0. The summed E-state index contributed by atoms with van der Waals surface area (Å²) in [6.45, 7) is 2.05. The van der Waals surface area contributed by atoms with Crippen molar-refractivity contribution >= 4 is 11.0 Å². The molecule has 0 aliphatic heterocycles. The summed E-state index contributed by atoms with van der Waals surface area (Å²) in [5.74, 6) is 1.45. The number of furan rings is 1. The molecule has 21 heavy (non-hydrogen) atoms. The molecule has 1 radical (unpaired) electrons. The Morgan fingerprint density at radius 2 is 2.00 bits per heavy atom. The topological polar surface area (TPSA) is 67.6 Å². The minimum Gasteiger partial charge on any atom is -0.456 e. The molecule has 0 aliphatic rings. The minimum atomic E-state index is 0.622. The molecule has 5 nitrogen and oxygen atoms in total. The van der Waals surface area contributed by atoms with Crippen molar-refractivity contribution in [2.75, 3.05) is 0 Å². The Labute approximate surface area is 120 Å². The van der Waals surface area contributed by atoms with E-state index in [0.717, 1.165) is 33.4 Å². The molecule has 0 fully saturated rings. The van der Waals surface area contributed by atoms with Crippen LogP contribution in [0.25, 0.3) is 33.7 Å². The predicted octanol–water partition coefficient (Wildman–Crippen LogP) is 3.39. The molecule has 0 bridgehead atoms. The average molecular weight is 275 g/mol. The van der Waals surface area contributed by atoms with Crippen LogP contribution in [-0.2, 0) is 0 Å². The number of nitrogens with one attached hydrogen (secondary N) is 1. The number of H-pyrrole nitrogens is 1. The van der Waals surface area contributed by atoms with E-state index in [2.05, 4.69) is 26.7 Å². The molecule has 0 unspecified atom stereocenters. The van der Waals surface area contributed by atoms with Gasteiger partial charge in [-0.2, -0.15) is 0 Å². The molecule has 2 heterocycles. The van der Waals surface area contributed by atoms with Gasteiger partial charge in [0.1, 0.15) is 11.3 Å². The highest BCUT2D eigenvalue weighted by molar-refractivity contribution is 5.90. The van der Waals surface area contributed by atoms with E-state index in [4.69, 9.17) is 4.42 Å². The lowest BCUT2D eigenvalue weighted by Gasteiger charge is -2.04. The van der Waals surface area contributed by atoms with Crippen molar-refractivity contribution in [2.45, 2.75) is 6.92 Å². The first-order valence-electron chi connectivity index (χ1n) is 6.57. The van der Waals surface area contributed by atoms with Crippen LogP contribution in [-0.4, -0.2) is 20.6 Å². The largest absolute Gasteiger partial charge is 0.456 e. The highest BCUT2D eigenvalue weighted by Gasteiger charge is 2.17. The van der Waals surface area contributed by atoms with Crippen LogP contribution >= 0.6 is 0 Å². The Morgan fingerprint density at radius 3 is 2.76 bits per heavy atom. The Balaban J connectivity index is 2.00. The van der Waals surface area contributed by atoms with E-state index >= 15 is 0 Å². The van der Waals surface area contributed by atoms with Gasteiger partial charge in [0.15, 0.2) is 5.82 Å². The maximum atomic E-state index is 6.02. The fraction of sp³-hybridized carbons (Fsp3) is 0.0625. The monoisotopic (exact) mass is 275 g/mol. The van der Waals surface area contributed by atoms with Gasteiger partial charge in [-0.1, -0.05) is 30.3 Å². The second kappa shape index (κ2) is 4.56. The minimum absolute atomic E-state index is 0.622. The zero-order valence-electron chi connectivity index (χ0n) is 11.3. The first kappa shape index (κ1) is 11.8. The standard InChI is InChI=1S/C16H11N4O/c1-10-11-6-4-5-9-14(11)21-15(10)12-7-2-3-8-13(12)16-17-19-20-18-16/h2-3,5-9H,1H3,(H,17,18,19,20). The summed E-state index contributed by atoms with van der Waals surface area (Å²) in [4.78, 5) is 0. The van der Waals surface area contributed by atoms with Crippen molar-refractivity contribution in [3.05, 3.63) is 54.1 Å². The van der Waals surface area contributed by atoms with Crippen molar-refractivity contribution in [3.63, 3.8) is 0 Å². The van der Waals surface area contributed by atoms with E-state index < -0.39 is 0 Å². The van der Waals surface area contributed by atoms with E-state index in [-0.39, 0.29) is 0 Å². The van der Waals surface area contributed by atoms with Gasteiger partial charge < -0.3 is 4.42 Å². The number of rotatable bonds is 2. The Bertz CT molecular complexity index is 909. The highest BCUT2D eigenvalue weighted by atomic mass is 16.3. The first-order valence-corrected chi connectivity index (χ1v) is 6.57. The van der Waals surface area contributed by atoms with Crippen molar-refractivity contribution in [1.82, 2.24) is 20.6 Å². The molecule has 0 spiro atoms. The number of tetrazole rings is 1. The third kappa shape index (κ3) is 1.82. The summed E-state index contributed by atoms with van der Waals surface area (Å²) in [5, 5.41) is 15.1. The molecule has 0 aliphatic carbocycles. The average Bonchev–Trinajstić information content (AvgIpc) is 3.16. The molecule has 101 valence electrons. The van der Waals surface area contributed by atoms with Gasteiger partial charge in [0.05, 0.1) is 0 Å². The second-order valence-corrected chi connectivity index (χ2v) is 4.77. The Hall–Kier alpha value is -2.95. The van der Waals surface area contributed by atoms with E-state index in [1.807, 2.05) is 49.4 Å². The molecule has 4 rings (SSSR count). The van der Waals surface area contributed by atoms with Crippen LogP contribution in [0.2, 0.25) is 0 Å². The summed E-state index contributed by atoms with van der Waals surface area (Å²) < 4.78 is 6.02. The molecule has 0 saturated carbocycles. The van der Waals surface area contributed by atoms with Crippen molar-refractivity contribution in [2.24, 2.45) is 0 Å². The van der Waals surface area contributed by atoms with Gasteiger partial charge in [-0.05, 0) is 35.5 Å². The molecule has 2 aromatic heterocycles. The normalized spacial score (nSPS) is 11.1. The number of hydrogen-bond donors (Lipinski definition) is 1. The van der Waals surface area contributed by atoms with Crippen LogP contribution in [0.15, 0.2) is 46.9 Å². The maximum Gasteiger partial charge on any atom is 0.180 e. The number of benzene rings is 2. The van der Waals surface area contributed by atoms with Gasteiger partial charge in [0.2, 0.25) is 0 Å². The van der Waals surface area contributed by atoms with Gasteiger partial charge in [0.25, 0.3) is 0 Å². The van der Waals surface area contributed by atoms with Crippen molar-refractivity contribution in [1.29, 1.82) is 0 Å². The number of aromatic nitrogens is 4. The number of fused-ring (bicyclic) bond motifs is 1. The van der Waals surface area contributed by atoms with Crippen LogP contribution in [0.1, 0.15) is 5.56 Å². The van der Waals surface area contributed by atoms with Crippen LogP contribution in [0.5, 0.6) is 0 Å². The van der Waals surface area contributed by atoms with E-state index in [0.29, 0.717) is 5.82 Å². The van der Waals surface area contributed by atoms with E-state index in [9.17, 15) is 0 Å². The third-order valence-electron chi connectivity index (χ3n) is 3.55. The number of aryl methyl sites for hydroxylation is 1. The third-order valence-corrected chi connectivity index (χ3v) is 3.55. The highest BCUT2D eigenvalue weighted by Crippen LogP contribution is 2.37. The van der Waals surface area contributed by atoms with Gasteiger partial charge in [-0.15, -0.1) is 5.10 Å². The van der Waals surface area contributed by atoms with Crippen LogP contribution in [0.4, 0.5) is 0 Å². The first-order chi connectivity index (χ1) is 10.3. The maximum absolute atomic E-state index is 6.02. The molecule has 0 atom stereocenters. The molecule has 4 aromatic rings. The smallest absolute Gasteiger partial charge is 0.180 e. The molecule has 0 amide bonds. The molecule has 5 heteroatoms. The molecular formula is C16H11N4O. The van der Waals surface area contributed by atoms with Crippen molar-refractivity contribution in [3.8, 4) is 22.7 Å².